The Balaban J connectivity index is 0.000000489. The molecule has 316 valence electrons. The Labute approximate surface area is 385 Å². The fourth-order valence-corrected chi connectivity index (χ4v) is 19.4. The van der Waals surface area contributed by atoms with E-state index in [2.05, 4.69) is 149 Å². The van der Waals surface area contributed by atoms with Gasteiger partial charge in [-0.25, -0.2) is 0 Å². The van der Waals surface area contributed by atoms with Crippen LogP contribution in [0.4, 0.5) is 0 Å². The molecule has 4 aromatic rings. The maximum atomic E-state index is 2.91. The van der Waals surface area contributed by atoms with E-state index in [9.17, 15) is 0 Å². The van der Waals surface area contributed by atoms with Crippen LogP contribution < -0.4 is 0 Å². The molecule has 0 radical (unpaired) electrons. The molecule has 0 amide bonds. The van der Waals surface area contributed by atoms with Gasteiger partial charge in [-0.1, -0.05) is 190 Å². The SMILES string of the molecule is CCCC[Si](C)(C1C2=C(C[C@H]1C)C(c1ccccc1)CCC2)C1C2=C(C[C@H]1C)C(c1ccccc1)CCC2.[CH3-].[CH3-].[CH3-].[CH3-].[Zr+4].c1ccc(CCCCc2ccccc2)cc1. The second-order valence-electron chi connectivity index (χ2n) is 17.9. The number of hydrogen-bond donors (Lipinski definition) is 0. The molecule has 59 heavy (non-hydrogen) atoms. The predicted molar refractivity (Wildman–Crippen MR) is 262 cm³/mol. The third-order valence-electron chi connectivity index (χ3n) is 14.3. The van der Waals surface area contributed by atoms with Gasteiger partial charge in [0, 0.05) is 11.8 Å². The van der Waals surface area contributed by atoms with E-state index in [0.29, 0.717) is 11.8 Å². The van der Waals surface area contributed by atoms with Crippen molar-refractivity contribution in [2.75, 3.05) is 0 Å². The molecule has 0 heterocycles. The summed E-state index contributed by atoms with van der Waals surface area (Å²) >= 11 is 0. The Morgan fingerprint density at radius 1 is 0.492 bits per heavy atom. The molecule has 4 aromatic carbocycles. The van der Waals surface area contributed by atoms with Gasteiger partial charge in [0.2, 0.25) is 0 Å². The molecule has 0 bridgehead atoms. The molecule has 2 heteroatoms. The number of benzene rings is 4. The zero-order chi connectivity index (χ0) is 37.3. The zero-order valence-electron chi connectivity index (χ0n) is 38.6. The van der Waals surface area contributed by atoms with Crippen LogP contribution in [0.15, 0.2) is 144 Å². The van der Waals surface area contributed by atoms with Crippen molar-refractivity contribution in [3.63, 3.8) is 0 Å². The first-order valence-electron chi connectivity index (χ1n) is 22.1. The molecular weight excluding hydrogens is 804 g/mol. The van der Waals surface area contributed by atoms with Gasteiger partial charge >= 0.3 is 26.2 Å². The summed E-state index contributed by atoms with van der Waals surface area (Å²) in [6.45, 7) is 10.7. The van der Waals surface area contributed by atoms with Gasteiger partial charge in [0.05, 0.1) is 8.07 Å². The average Bonchev–Trinajstić information content (AvgIpc) is 3.76. The molecule has 0 N–H and O–H groups in total. The van der Waals surface area contributed by atoms with Crippen molar-refractivity contribution in [3.05, 3.63) is 196 Å². The first-order valence-corrected chi connectivity index (χ1v) is 25.0. The van der Waals surface area contributed by atoms with Crippen molar-refractivity contribution in [2.24, 2.45) is 11.8 Å². The van der Waals surface area contributed by atoms with E-state index < -0.39 is 8.07 Å². The summed E-state index contributed by atoms with van der Waals surface area (Å²) in [5, 5.41) is 0. The molecule has 4 aliphatic carbocycles. The van der Waals surface area contributed by atoms with E-state index in [1.165, 1.54) is 107 Å². The van der Waals surface area contributed by atoms with Gasteiger partial charge in [-0.3, -0.25) is 0 Å². The molecule has 0 spiro atoms. The minimum atomic E-state index is -1.62. The number of rotatable bonds is 12. The van der Waals surface area contributed by atoms with Gasteiger partial charge in [0.15, 0.2) is 0 Å². The summed E-state index contributed by atoms with van der Waals surface area (Å²) in [5.74, 6) is 3.04. The molecule has 0 nitrogen and oxygen atoms in total. The van der Waals surface area contributed by atoms with Crippen LogP contribution in [0.25, 0.3) is 0 Å². The van der Waals surface area contributed by atoms with E-state index in [1.54, 1.807) is 11.1 Å². The largest absolute Gasteiger partial charge is 4.00 e. The normalized spacial score (nSPS) is 23.9. The molecular formula is C57H80SiZr. The summed E-state index contributed by atoms with van der Waals surface area (Å²) < 4.78 is 0. The van der Waals surface area contributed by atoms with Crippen molar-refractivity contribution in [1.29, 1.82) is 0 Å². The van der Waals surface area contributed by atoms with E-state index >= 15 is 0 Å². The monoisotopic (exact) mass is 883 g/mol. The van der Waals surface area contributed by atoms with Crippen molar-refractivity contribution in [3.8, 4) is 0 Å². The first kappa shape index (κ1) is 52.6. The third kappa shape index (κ3) is 12.3. The van der Waals surface area contributed by atoms with Crippen molar-refractivity contribution >= 4 is 8.07 Å². The molecule has 0 aliphatic heterocycles. The summed E-state index contributed by atoms with van der Waals surface area (Å²) in [7, 11) is -1.62. The summed E-state index contributed by atoms with van der Waals surface area (Å²) in [6, 6.07) is 46.1. The molecule has 0 fully saturated rings. The minimum Gasteiger partial charge on any atom is -0.358 e. The minimum absolute atomic E-state index is 0. The van der Waals surface area contributed by atoms with Crippen LogP contribution in [0.2, 0.25) is 23.7 Å². The molecule has 0 saturated carbocycles. The van der Waals surface area contributed by atoms with Crippen LogP contribution in [0.1, 0.15) is 132 Å². The van der Waals surface area contributed by atoms with Gasteiger partial charge in [-0.2, -0.15) is 0 Å². The Morgan fingerprint density at radius 2 is 0.847 bits per heavy atom. The molecule has 4 unspecified atom stereocenters. The molecule has 0 saturated heterocycles. The maximum Gasteiger partial charge on any atom is 4.00 e. The summed E-state index contributed by atoms with van der Waals surface area (Å²) in [6.07, 6.45) is 18.8. The number of allylic oxidation sites excluding steroid dienone is 4. The van der Waals surface area contributed by atoms with E-state index in [4.69, 9.17) is 0 Å². The van der Waals surface area contributed by atoms with Crippen LogP contribution in [-0.2, 0) is 39.0 Å². The zero-order valence-corrected chi connectivity index (χ0v) is 42.1. The fraction of sp³-hybridized carbons (Fsp3) is 0.439. The second-order valence-corrected chi connectivity index (χ2v) is 22.7. The molecule has 6 atom stereocenters. The average molecular weight is 885 g/mol. The molecule has 8 rings (SSSR count). The van der Waals surface area contributed by atoms with Crippen LogP contribution in [-0.4, -0.2) is 8.07 Å². The smallest absolute Gasteiger partial charge is 0.358 e. The third-order valence-corrected chi connectivity index (χ3v) is 20.4. The van der Waals surface area contributed by atoms with Crippen molar-refractivity contribution in [2.45, 2.75) is 146 Å². The first-order chi connectivity index (χ1) is 26.5. The van der Waals surface area contributed by atoms with Crippen LogP contribution in [0.3, 0.4) is 0 Å². The Hall–Kier alpha value is -2.54. The van der Waals surface area contributed by atoms with Crippen LogP contribution >= 0.6 is 0 Å². The molecule has 4 aliphatic rings. The van der Waals surface area contributed by atoms with E-state index in [0.717, 1.165) is 22.9 Å². The topological polar surface area (TPSA) is 0 Å². The van der Waals surface area contributed by atoms with Crippen LogP contribution in [0.5, 0.6) is 0 Å². The predicted octanol–water partition coefficient (Wildman–Crippen LogP) is 17.3. The number of aryl methyl sites for hydroxylation is 2. The Bertz CT molecular complexity index is 1680. The Morgan fingerprint density at radius 3 is 1.20 bits per heavy atom. The number of unbranched alkanes of at least 4 members (excludes halogenated alkanes) is 2. The Kier molecular flexibility index (Phi) is 22.7. The van der Waals surface area contributed by atoms with Crippen molar-refractivity contribution in [1.82, 2.24) is 0 Å². The summed E-state index contributed by atoms with van der Waals surface area (Å²) in [5.41, 5.74) is 15.6. The van der Waals surface area contributed by atoms with E-state index in [1.807, 2.05) is 22.3 Å². The summed E-state index contributed by atoms with van der Waals surface area (Å²) in [4.78, 5) is 0. The quantitative estimate of drug-likeness (QED) is 0.0576. The molecule has 0 aromatic heterocycles. The van der Waals surface area contributed by atoms with Gasteiger partial charge in [-0.15, -0.1) is 0 Å². The van der Waals surface area contributed by atoms with Crippen LogP contribution in [0, 0.1) is 41.5 Å². The van der Waals surface area contributed by atoms with Gasteiger partial charge < -0.3 is 29.7 Å². The van der Waals surface area contributed by atoms with Gasteiger partial charge in [0.1, 0.15) is 0 Å². The maximum absolute atomic E-state index is 2.91. The second kappa shape index (κ2) is 25.4. The van der Waals surface area contributed by atoms with Gasteiger partial charge in [-0.05, 0) is 122 Å². The van der Waals surface area contributed by atoms with E-state index in [-0.39, 0.29) is 55.9 Å². The number of hydrogen-bond acceptors (Lipinski definition) is 0. The van der Waals surface area contributed by atoms with Gasteiger partial charge in [0.25, 0.3) is 0 Å². The fourth-order valence-electron chi connectivity index (χ4n) is 12.2. The standard InChI is InChI=1S/C37H50Si.C16H18.4CH3.Zr/c1-5-6-23-38(4,36-26(2)24-34-30(19-13-21-32(34)36)28-15-9-7-10-16-28)37-27(3)25-35-31(20-14-22-33(35)37)29-17-11-8-12-18-29;1-3-9-15(10-4-1)13-7-8-14-16-11-5-2-6-12-16;;;;;/h7-12,15-18,26-27,30-31,36-37H,5-6,13-14,19-25H2,1-4H3;1-6,9-12H,7-8,13-14H2;4*1H3;/q;;4*-1;+4/t26-,27-,30?,31?,36?,37?,38?;;;;;;/m1....../s1. The van der Waals surface area contributed by atoms with Crippen molar-refractivity contribution < 1.29 is 26.2 Å².